The predicted molar refractivity (Wildman–Crippen MR) is 123 cm³/mol. The Morgan fingerprint density at radius 3 is 2.67 bits per heavy atom. The first kappa shape index (κ1) is 24.5. The number of ether oxygens (including phenoxy) is 3. The van der Waals surface area contributed by atoms with Crippen LogP contribution in [0.1, 0.15) is 48.5 Å². The molecule has 5 rings (SSSR count). The Balaban J connectivity index is 1.38. The highest BCUT2D eigenvalue weighted by molar-refractivity contribution is 7.18. The Morgan fingerprint density at radius 1 is 1.17 bits per heavy atom. The Morgan fingerprint density at radius 2 is 1.92 bits per heavy atom. The van der Waals surface area contributed by atoms with Crippen molar-refractivity contribution in [2.24, 2.45) is 7.05 Å². The van der Waals surface area contributed by atoms with Crippen LogP contribution in [0.25, 0.3) is 10.3 Å². The van der Waals surface area contributed by atoms with E-state index in [9.17, 15) is 22.8 Å². The molecule has 0 aliphatic carbocycles. The number of alkyl halides is 3. The second-order valence-electron chi connectivity index (χ2n) is 8.67. The summed E-state index contributed by atoms with van der Waals surface area (Å²) in [5.41, 5.74) is 0.0168. The number of nitrogens with zero attached hydrogens (tertiary/aromatic N) is 4. The van der Waals surface area contributed by atoms with Crippen LogP contribution in [0.4, 0.5) is 18.0 Å². The molecule has 13 heteroatoms. The summed E-state index contributed by atoms with van der Waals surface area (Å²) in [4.78, 5) is 37.2. The standard InChI is InChI=1S/C23H23F3N4O5S/c1-29-18(13-7-10-33-11-8-13)28-20-17(21(29)31)27-19(36-20)16-6-3-9-30(16)22(32)34-14-4-2-5-15(12-14)35-23(24,25)26/h2,4-5,12-13,16H,3,6-11H2,1H3. The van der Waals surface area contributed by atoms with Gasteiger partial charge in [0.15, 0.2) is 10.3 Å². The lowest BCUT2D eigenvalue weighted by Gasteiger charge is -2.22. The summed E-state index contributed by atoms with van der Waals surface area (Å²) in [6, 6.07) is 4.36. The lowest BCUT2D eigenvalue weighted by Crippen LogP contribution is -2.33. The summed E-state index contributed by atoms with van der Waals surface area (Å²) < 4.78 is 53.7. The third-order valence-corrected chi connectivity index (χ3v) is 7.35. The number of aromatic nitrogens is 3. The van der Waals surface area contributed by atoms with Crippen LogP contribution in [0, 0.1) is 0 Å². The fourth-order valence-corrected chi connectivity index (χ4v) is 5.67. The number of amides is 1. The van der Waals surface area contributed by atoms with Gasteiger partial charge in [-0.05, 0) is 37.8 Å². The van der Waals surface area contributed by atoms with Crippen molar-refractivity contribution in [3.63, 3.8) is 0 Å². The van der Waals surface area contributed by atoms with Gasteiger partial charge in [-0.15, -0.1) is 13.2 Å². The molecule has 2 aromatic heterocycles. The van der Waals surface area contributed by atoms with Gasteiger partial charge in [-0.1, -0.05) is 17.4 Å². The first-order chi connectivity index (χ1) is 17.2. The molecule has 2 aliphatic rings. The highest BCUT2D eigenvalue weighted by Gasteiger charge is 2.35. The van der Waals surface area contributed by atoms with Crippen LogP contribution in [0.2, 0.25) is 0 Å². The molecule has 36 heavy (non-hydrogen) atoms. The minimum absolute atomic E-state index is 0.0756. The third kappa shape index (κ3) is 5.03. The topological polar surface area (TPSA) is 95.8 Å². The van der Waals surface area contributed by atoms with E-state index in [1.54, 1.807) is 11.6 Å². The quantitative estimate of drug-likeness (QED) is 0.495. The maximum atomic E-state index is 13.0. The van der Waals surface area contributed by atoms with Gasteiger partial charge in [0.1, 0.15) is 22.3 Å². The van der Waals surface area contributed by atoms with Gasteiger partial charge in [0.05, 0.1) is 6.04 Å². The molecule has 1 unspecified atom stereocenters. The number of thiazole rings is 1. The molecule has 0 bridgehead atoms. The molecular formula is C23H23F3N4O5S. The smallest absolute Gasteiger partial charge is 0.410 e. The fourth-order valence-electron chi connectivity index (χ4n) is 4.58. The van der Waals surface area contributed by atoms with Crippen LogP contribution < -0.4 is 15.0 Å². The molecule has 2 fully saturated rings. The van der Waals surface area contributed by atoms with E-state index in [-0.39, 0.29) is 22.7 Å². The summed E-state index contributed by atoms with van der Waals surface area (Å²) in [6.45, 7) is 1.63. The number of hydrogen-bond donors (Lipinski definition) is 0. The van der Waals surface area contributed by atoms with Crippen LogP contribution in [0.5, 0.6) is 11.5 Å². The summed E-state index contributed by atoms with van der Waals surface area (Å²) in [7, 11) is 1.69. The van der Waals surface area contributed by atoms with Crippen molar-refractivity contribution in [3.8, 4) is 11.5 Å². The van der Waals surface area contributed by atoms with Crippen molar-refractivity contribution >= 4 is 27.8 Å². The summed E-state index contributed by atoms with van der Waals surface area (Å²) in [6.07, 6.45) is -2.70. The molecule has 0 radical (unpaired) electrons. The van der Waals surface area contributed by atoms with Crippen molar-refractivity contribution in [3.05, 3.63) is 45.5 Å². The number of fused-ring (bicyclic) bond motifs is 1. The van der Waals surface area contributed by atoms with Crippen molar-refractivity contribution in [2.45, 2.75) is 44.0 Å². The van der Waals surface area contributed by atoms with Crippen molar-refractivity contribution in [1.29, 1.82) is 0 Å². The normalized spacial score (nSPS) is 19.1. The maximum Gasteiger partial charge on any atom is 0.573 e. The second kappa shape index (κ2) is 9.69. The van der Waals surface area contributed by atoms with E-state index in [0.717, 1.165) is 25.0 Å². The van der Waals surface area contributed by atoms with E-state index in [4.69, 9.17) is 14.5 Å². The zero-order valence-electron chi connectivity index (χ0n) is 19.3. The van der Waals surface area contributed by atoms with Crippen molar-refractivity contribution < 1.29 is 32.2 Å². The van der Waals surface area contributed by atoms with Crippen molar-refractivity contribution in [1.82, 2.24) is 19.4 Å². The number of rotatable bonds is 4. The average Bonchev–Trinajstić information content (AvgIpc) is 3.48. The first-order valence-electron chi connectivity index (χ1n) is 11.5. The van der Waals surface area contributed by atoms with Gasteiger partial charge in [-0.3, -0.25) is 14.3 Å². The Labute approximate surface area is 207 Å². The third-order valence-electron chi connectivity index (χ3n) is 6.30. The maximum absolute atomic E-state index is 13.0. The van der Waals surface area contributed by atoms with E-state index in [1.165, 1.54) is 28.4 Å². The molecule has 1 aromatic carbocycles. The fraction of sp³-hybridized carbons (Fsp3) is 0.478. The van der Waals surface area contributed by atoms with E-state index in [1.807, 2.05) is 0 Å². The number of likely N-dealkylation sites (tertiary alicyclic amines) is 1. The van der Waals surface area contributed by atoms with E-state index >= 15 is 0 Å². The molecule has 1 amide bonds. The monoisotopic (exact) mass is 524 g/mol. The zero-order chi connectivity index (χ0) is 25.4. The zero-order valence-corrected chi connectivity index (χ0v) is 20.1. The van der Waals surface area contributed by atoms with Gasteiger partial charge in [-0.25, -0.2) is 14.8 Å². The minimum atomic E-state index is -4.86. The van der Waals surface area contributed by atoms with E-state index < -0.39 is 24.2 Å². The summed E-state index contributed by atoms with van der Waals surface area (Å²) >= 11 is 1.27. The lowest BCUT2D eigenvalue weighted by molar-refractivity contribution is -0.274. The molecule has 192 valence electrons. The average molecular weight is 525 g/mol. The molecular weight excluding hydrogens is 501 g/mol. The van der Waals surface area contributed by atoms with E-state index in [2.05, 4.69) is 9.72 Å². The Kier molecular flexibility index (Phi) is 6.60. The molecule has 3 aromatic rings. The molecule has 9 nitrogen and oxygen atoms in total. The Bertz CT molecular complexity index is 1340. The van der Waals surface area contributed by atoms with Gasteiger partial charge in [0, 0.05) is 38.8 Å². The van der Waals surface area contributed by atoms with Crippen LogP contribution in [0.15, 0.2) is 29.1 Å². The molecule has 4 heterocycles. The van der Waals surface area contributed by atoms with Gasteiger partial charge in [0.2, 0.25) is 0 Å². The lowest BCUT2D eigenvalue weighted by atomic mass is 9.99. The van der Waals surface area contributed by atoms with Crippen molar-refractivity contribution in [2.75, 3.05) is 19.8 Å². The van der Waals surface area contributed by atoms with Gasteiger partial charge in [0.25, 0.3) is 5.56 Å². The number of benzene rings is 1. The molecule has 2 aliphatic heterocycles. The molecule has 0 saturated carbocycles. The first-order valence-corrected chi connectivity index (χ1v) is 12.3. The minimum Gasteiger partial charge on any atom is -0.410 e. The van der Waals surface area contributed by atoms with Crippen LogP contribution in [0.3, 0.4) is 0 Å². The SMILES string of the molecule is Cn1c(C2CCOCC2)nc2sc(C3CCCN3C(=O)Oc3cccc(OC(F)(F)F)c3)nc2c1=O. The van der Waals surface area contributed by atoms with E-state index in [0.29, 0.717) is 48.3 Å². The van der Waals surface area contributed by atoms with Gasteiger partial charge in [-0.2, -0.15) is 0 Å². The molecule has 1 atom stereocenters. The van der Waals surface area contributed by atoms with Gasteiger partial charge < -0.3 is 14.2 Å². The number of carbonyl (C=O) groups is 1. The number of carbonyl (C=O) groups excluding carboxylic acids is 1. The van der Waals surface area contributed by atoms with Crippen LogP contribution in [-0.2, 0) is 11.8 Å². The molecule has 2 saturated heterocycles. The molecule has 0 spiro atoms. The summed E-state index contributed by atoms with van der Waals surface area (Å²) in [5, 5.41) is 0.572. The van der Waals surface area contributed by atoms with Crippen LogP contribution in [-0.4, -0.2) is 51.6 Å². The number of hydrogen-bond acceptors (Lipinski definition) is 8. The van der Waals surface area contributed by atoms with Gasteiger partial charge >= 0.3 is 12.5 Å². The molecule has 0 N–H and O–H groups in total. The number of halogens is 3. The highest BCUT2D eigenvalue weighted by Crippen LogP contribution is 2.37. The van der Waals surface area contributed by atoms with Crippen LogP contribution >= 0.6 is 11.3 Å². The summed E-state index contributed by atoms with van der Waals surface area (Å²) in [5.74, 6) is 0.267. The highest BCUT2D eigenvalue weighted by atomic mass is 32.1. The second-order valence-corrected chi connectivity index (χ2v) is 9.68. The Hall–Kier alpha value is -3.19. The largest absolute Gasteiger partial charge is 0.573 e. The predicted octanol–water partition coefficient (Wildman–Crippen LogP) is 4.52.